The Labute approximate surface area is 68.2 Å². The van der Waals surface area contributed by atoms with Crippen LogP contribution >= 0.6 is 0 Å². The van der Waals surface area contributed by atoms with Gasteiger partial charge in [-0.05, 0) is 5.41 Å². The summed E-state index contributed by atoms with van der Waals surface area (Å²) < 4.78 is 22.7. The summed E-state index contributed by atoms with van der Waals surface area (Å²) in [6.07, 6.45) is 3.54. The van der Waals surface area contributed by atoms with Crippen LogP contribution < -0.4 is 0 Å². The Balaban J connectivity index is 2.99. The van der Waals surface area contributed by atoms with E-state index in [-0.39, 0.29) is 16.4 Å². The van der Waals surface area contributed by atoms with Gasteiger partial charge in [0.15, 0.2) is 9.84 Å². The molecule has 0 bridgehead atoms. The Bertz CT molecular complexity index is 267. The van der Waals surface area contributed by atoms with Crippen molar-refractivity contribution < 1.29 is 8.42 Å². The lowest BCUT2D eigenvalue weighted by molar-refractivity contribution is 0.417. The first-order chi connectivity index (χ1) is 4.84. The van der Waals surface area contributed by atoms with Gasteiger partial charge in [-0.1, -0.05) is 32.9 Å². The molecule has 0 aliphatic carbocycles. The Morgan fingerprint density at radius 3 is 2.09 bits per heavy atom. The van der Waals surface area contributed by atoms with Crippen LogP contribution in [0.15, 0.2) is 12.2 Å². The van der Waals surface area contributed by atoms with Crippen LogP contribution in [-0.4, -0.2) is 19.4 Å². The van der Waals surface area contributed by atoms with Crippen LogP contribution in [0.5, 0.6) is 0 Å². The molecule has 1 atom stereocenters. The fraction of sp³-hybridized carbons (Fsp3) is 0.750. The Morgan fingerprint density at radius 2 is 1.91 bits per heavy atom. The fourth-order valence-corrected chi connectivity index (χ4v) is 3.38. The van der Waals surface area contributed by atoms with Crippen LogP contribution in [0.4, 0.5) is 0 Å². The van der Waals surface area contributed by atoms with Crippen LogP contribution in [0, 0.1) is 5.41 Å². The van der Waals surface area contributed by atoms with Crippen LogP contribution in [0.25, 0.3) is 0 Å². The van der Waals surface area contributed by atoms with E-state index in [4.69, 9.17) is 0 Å². The predicted molar refractivity (Wildman–Crippen MR) is 46.2 cm³/mol. The molecule has 0 amide bonds. The van der Waals surface area contributed by atoms with Crippen molar-refractivity contribution >= 4 is 9.84 Å². The Hall–Kier alpha value is -0.310. The van der Waals surface area contributed by atoms with E-state index in [0.29, 0.717) is 0 Å². The molecule has 1 aliphatic heterocycles. The lowest BCUT2D eigenvalue weighted by Crippen LogP contribution is -2.30. The van der Waals surface area contributed by atoms with Gasteiger partial charge >= 0.3 is 0 Å². The molecule has 0 aromatic rings. The number of rotatable bonds is 0. The van der Waals surface area contributed by atoms with E-state index in [2.05, 4.69) is 0 Å². The molecule has 0 N–H and O–H groups in total. The van der Waals surface area contributed by atoms with Gasteiger partial charge in [0.05, 0.1) is 11.0 Å². The molecule has 0 aromatic heterocycles. The van der Waals surface area contributed by atoms with E-state index in [1.54, 1.807) is 12.2 Å². The first-order valence-corrected chi connectivity index (χ1v) is 5.44. The monoisotopic (exact) mass is 174 g/mol. The van der Waals surface area contributed by atoms with Gasteiger partial charge < -0.3 is 0 Å². The summed E-state index contributed by atoms with van der Waals surface area (Å²) in [4.78, 5) is 0. The van der Waals surface area contributed by atoms with Gasteiger partial charge in [-0.15, -0.1) is 0 Å². The lowest BCUT2D eigenvalue weighted by atomic mass is 9.92. The molecule has 64 valence electrons. The van der Waals surface area contributed by atoms with E-state index in [9.17, 15) is 8.42 Å². The molecular formula is C8H14O2S. The highest BCUT2D eigenvalue weighted by atomic mass is 32.2. The van der Waals surface area contributed by atoms with Crippen molar-refractivity contribution in [2.45, 2.75) is 26.0 Å². The van der Waals surface area contributed by atoms with Crippen LogP contribution in [0.1, 0.15) is 20.8 Å². The lowest BCUT2D eigenvalue weighted by Gasteiger charge is -2.24. The van der Waals surface area contributed by atoms with Gasteiger partial charge in [-0.25, -0.2) is 8.42 Å². The minimum absolute atomic E-state index is 0.161. The number of hydrogen-bond acceptors (Lipinski definition) is 2. The summed E-state index contributed by atoms with van der Waals surface area (Å²) in [6, 6.07) is 0. The summed E-state index contributed by atoms with van der Waals surface area (Å²) in [5, 5.41) is -0.282. The molecule has 1 heterocycles. The maximum absolute atomic E-state index is 11.3. The molecule has 0 saturated carbocycles. The SMILES string of the molecule is CC(C)(C)[C@@H]1C=CCS1(=O)=O. The summed E-state index contributed by atoms with van der Waals surface area (Å²) in [5.41, 5.74) is -0.161. The van der Waals surface area contributed by atoms with E-state index < -0.39 is 9.84 Å². The highest BCUT2D eigenvalue weighted by Gasteiger charge is 2.36. The maximum atomic E-state index is 11.3. The Morgan fingerprint density at radius 1 is 1.36 bits per heavy atom. The molecule has 0 spiro atoms. The topological polar surface area (TPSA) is 34.1 Å². The van der Waals surface area contributed by atoms with E-state index >= 15 is 0 Å². The van der Waals surface area contributed by atoms with Crippen molar-refractivity contribution in [3.63, 3.8) is 0 Å². The molecular weight excluding hydrogens is 160 g/mol. The second-order valence-electron chi connectivity index (χ2n) is 4.04. The maximum Gasteiger partial charge on any atom is 0.160 e. The third-order valence-electron chi connectivity index (χ3n) is 1.88. The van der Waals surface area contributed by atoms with Crippen molar-refractivity contribution in [1.29, 1.82) is 0 Å². The molecule has 0 fully saturated rings. The third kappa shape index (κ3) is 1.64. The predicted octanol–water partition coefficient (Wildman–Crippen LogP) is 1.39. The van der Waals surface area contributed by atoms with Crippen molar-refractivity contribution in [3.05, 3.63) is 12.2 Å². The molecule has 2 nitrogen and oxygen atoms in total. The van der Waals surface area contributed by atoms with Crippen LogP contribution in [-0.2, 0) is 9.84 Å². The average molecular weight is 174 g/mol. The quantitative estimate of drug-likeness (QED) is 0.520. The molecule has 3 heteroatoms. The van der Waals surface area contributed by atoms with Gasteiger partial charge in [0, 0.05) is 0 Å². The smallest absolute Gasteiger partial charge is 0.160 e. The van der Waals surface area contributed by atoms with Crippen LogP contribution in [0.2, 0.25) is 0 Å². The van der Waals surface area contributed by atoms with E-state index in [0.717, 1.165) is 0 Å². The second-order valence-corrected chi connectivity index (χ2v) is 6.21. The average Bonchev–Trinajstić information content (AvgIpc) is 2.06. The molecule has 1 rings (SSSR count). The fourth-order valence-electron chi connectivity index (χ4n) is 1.36. The van der Waals surface area contributed by atoms with Crippen LogP contribution in [0.3, 0.4) is 0 Å². The van der Waals surface area contributed by atoms with E-state index in [1.165, 1.54) is 0 Å². The molecule has 1 aliphatic rings. The molecule has 0 saturated heterocycles. The summed E-state index contributed by atoms with van der Waals surface area (Å²) in [6.45, 7) is 5.85. The minimum atomic E-state index is -2.86. The van der Waals surface area contributed by atoms with Crippen molar-refractivity contribution in [3.8, 4) is 0 Å². The molecule has 0 unspecified atom stereocenters. The zero-order chi connectivity index (χ0) is 8.70. The van der Waals surface area contributed by atoms with E-state index in [1.807, 2.05) is 20.8 Å². The number of hydrogen-bond donors (Lipinski definition) is 0. The Kier molecular flexibility index (Phi) is 1.87. The number of sulfone groups is 1. The molecule has 0 aromatic carbocycles. The highest BCUT2D eigenvalue weighted by Crippen LogP contribution is 2.30. The van der Waals surface area contributed by atoms with Crippen molar-refractivity contribution in [1.82, 2.24) is 0 Å². The zero-order valence-electron chi connectivity index (χ0n) is 7.16. The van der Waals surface area contributed by atoms with Gasteiger partial charge in [0.2, 0.25) is 0 Å². The van der Waals surface area contributed by atoms with Gasteiger partial charge in [0.25, 0.3) is 0 Å². The van der Waals surface area contributed by atoms with Gasteiger partial charge in [-0.2, -0.15) is 0 Å². The largest absolute Gasteiger partial charge is 0.228 e. The standard InChI is InChI=1S/C8H14O2S/c1-8(2,3)7-5-4-6-11(7,9)10/h4-5,7H,6H2,1-3H3/t7-/m0/s1. The van der Waals surface area contributed by atoms with Gasteiger partial charge in [0.1, 0.15) is 0 Å². The highest BCUT2D eigenvalue weighted by molar-refractivity contribution is 7.92. The zero-order valence-corrected chi connectivity index (χ0v) is 7.98. The second kappa shape index (κ2) is 2.34. The van der Waals surface area contributed by atoms with Gasteiger partial charge in [-0.3, -0.25) is 0 Å². The minimum Gasteiger partial charge on any atom is -0.228 e. The summed E-state index contributed by atoms with van der Waals surface area (Å²) >= 11 is 0. The summed E-state index contributed by atoms with van der Waals surface area (Å²) in [5.74, 6) is 0.217. The first-order valence-electron chi connectivity index (χ1n) is 3.72. The summed E-state index contributed by atoms with van der Waals surface area (Å²) in [7, 11) is -2.86. The molecule has 0 radical (unpaired) electrons. The first kappa shape index (κ1) is 8.78. The van der Waals surface area contributed by atoms with Crippen molar-refractivity contribution in [2.75, 3.05) is 5.75 Å². The normalized spacial score (nSPS) is 29.2. The molecule has 11 heavy (non-hydrogen) atoms. The van der Waals surface area contributed by atoms with Crippen molar-refractivity contribution in [2.24, 2.45) is 5.41 Å². The third-order valence-corrected chi connectivity index (χ3v) is 4.17.